The molecule has 1 saturated carbocycles. The SMILES string of the molecule is CC1(C)CCC(c2nc(Cl)c3c(n2)CCC3)CC1. The molecular weight excluding hydrogens is 244 g/mol. The van der Waals surface area contributed by atoms with Crippen LogP contribution in [0, 0.1) is 5.41 Å². The fourth-order valence-electron chi connectivity index (χ4n) is 3.24. The smallest absolute Gasteiger partial charge is 0.136 e. The number of nitrogens with zero attached hydrogens (tertiary/aromatic N) is 2. The van der Waals surface area contributed by atoms with Crippen LogP contribution in [0.4, 0.5) is 0 Å². The lowest BCUT2D eigenvalue weighted by molar-refractivity contribution is 0.220. The number of halogens is 1. The van der Waals surface area contributed by atoms with Crippen molar-refractivity contribution in [2.75, 3.05) is 0 Å². The summed E-state index contributed by atoms with van der Waals surface area (Å²) in [5.41, 5.74) is 2.92. The van der Waals surface area contributed by atoms with Crippen LogP contribution in [0.25, 0.3) is 0 Å². The van der Waals surface area contributed by atoms with Crippen molar-refractivity contribution in [1.29, 1.82) is 0 Å². The molecule has 0 saturated heterocycles. The lowest BCUT2D eigenvalue weighted by Crippen LogP contribution is -2.21. The van der Waals surface area contributed by atoms with E-state index in [1.165, 1.54) is 43.4 Å². The van der Waals surface area contributed by atoms with Crippen molar-refractivity contribution < 1.29 is 0 Å². The molecule has 0 aliphatic heterocycles. The molecule has 0 bridgehead atoms. The molecule has 0 radical (unpaired) electrons. The average molecular weight is 265 g/mol. The molecule has 1 heterocycles. The molecular formula is C15H21ClN2. The van der Waals surface area contributed by atoms with Gasteiger partial charge in [-0.05, 0) is 50.4 Å². The van der Waals surface area contributed by atoms with E-state index >= 15 is 0 Å². The monoisotopic (exact) mass is 264 g/mol. The van der Waals surface area contributed by atoms with Crippen LogP contribution in [-0.2, 0) is 12.8 Å². The molecule has 0 spiro atoms. The van der Waals surface area contributed by atoms with E-state index in [4.69, 9.17) is 16.6 Å². The van der Waals surface area contributed by atoms with Crippen molar-refractivity contribution in [1.82, 2.24) is 9.97 Å². The summed E-state index contributed by atoms with van der Waals surface area (Å²) in [6.45, 7) is 4.72. The second-order valence-electron chi connectivity index (χ2n) is 6.59. The minimum absolute atomic E-state index is 0.497. The van der Waals surface area contributed by atoms with Gasteiger partial charge in [0.1, 0.15) is 11.0 Å². The minimum Gasteiger partial charge on any atom is -0.237 e. The molecule has 2 aliphatic carbocycles. The zero-order valence-electron chi connectivity index (χ0n) is 11.3. The number of hydrogen-bond acceptors (Lipinski definition) is 2. The second-order valence-corrected chi connectivity index (χ2v) is 6.95. The van der Waals surface area contributed by atoms with Crippen molar-refractivity contribution in [3.63, 3.8) is 0 Å². The zero-order chi connectivity index (χ0) is 12.8. The fraction of sp³-hybridized carbons (Fsp3) is 0.733. The Morgan fingerprint density at radius 2 is 1.83 bits per heavy atom. The van der Waals surface area contributed by atoms with Crippen LogP contribution in [0.5, 0.6) is 0 Å². The maximum atomic E-state index is 6.30. The van der Waals surface area contributed by atoms with Gasteiger partial charge in [-0.25, -0.2) is 9.97 Å². The van der Waals surface area contributed by atoms with Gasteiger partial charge in [-0.1, -0.05) is 25.4 Å². The third kappa shape index (κ3) is 2.27. The van der Waals surface area contributed by atoms with E-state index in [-0.39, 0.29) is 0 Å². The maximum Gasteiger partial charge on any atom is 0.136 e. The maximum absolute atomic E-state index is 6.30. The van der Waals surface area contributed by atoms with Gasteiger partial charge >= 0.3 is 0 Å². The molecule has 3 rings (SSSR count). The molecule has 0 aromatic carbocycles. The van der Waals surface area contributed by atoms with Crippen molar-refractivity contribution in [3.8, 4) is 0 Å². The molecule has 0 N–H and O–H groups in total. The summed E-state index contributed by atoms with van der Waals surface area (Å²) < 4.78 is 0. The van der Waals surface area contributed by atoms with Gasteiger partial charge in [0.15, 0.2) is 0 Å². The topological polar surface area (TPSA) is 25.8 Å². The molecule has 18 heavy (non-hydrogen) atoms. The average Bonchev–Trinajstić information content (AvgIpc) is 2.77. The van der Waals surface area contributed by atoms with Gasteiger partial charge in [-0.15, -0.1) is 0 Å². The van der Waals surface area contributed by atoms with Gasteiger partial charge < -0.3 is 0 Å². The van der Waals surface area contributed by atoms with E-state index in [1.807, 2.05) is 0 Å². The van der Waals surface area contributed by atoms with Crippen molar-refractivity contribution in [2.24, 2.45) is 5.41 Å². The number of fused-ring (bicyclic) bond motifs is 1. The van der Waals surface area contributed by atoms with Crippen LogP contribution in [0.2, 0.25) is 5.15 Å². The zero-order valence-corrected chi connectivity index (χ0v) is 12.1. The van der Waals surface area contributed by atoms with E-state index in [2.05, 4.69) is 18.8 Å². The first kappa shape index (κ1) is 12.4. The van der Waals surface area contributed by atoms with E-state index in [0.29, 0.717) is 11.3 Å². The summed E-state index contributed by atoms with van der Waals surface area (Å²) >= 11 is 6.30. The molecule has 0 atom stereocenters. The van der Waals surface area contributed by atoms with E-state index < -0.39 is 0 Å². The largest absolute Gasteiger partial charge is 0.237 e. The van der Waals surface area contributed by atoms with Gasteiger partial charge in [0.2, 0.25) is 0 Å². The minimum atomic E-state index is 0.497. The summed E-state index contributed by atoms with van der Waals surface area (Å²) in [4.78, 5) is 9.36. The highest BCUT2D eigenvalue weighted by molar-refractivity contribution is 6.30. The van der Waals surface area contributed by atoms with Crippen LogP contribution in [0.3, 0.4) is 0 Å². The third-order valence-electron chi connectivity index (χ3n) is 4.60. The highest BCUT2D eigenvalue weighted by Crippen LogP contribution is 2.42. The third-order valence-corrected chi connectivity index (χ3v) is 4.92. The first-order chi connectivity index (χ1) is 8.55. The standard InChI is InChI=1S/C15H21ClN2/c1-15(2)8-6-10(7-9-15)14-17-12-5-3-4-11(12)13(16)18-14/h10H,3-9H2,1-2H3. The summed E-state index contributed by atoms with van der Waals surface area (Å²) in [5, 5.41) is 0.720. The Kier molecular flexibility index (Phi) is 3.09. The Balaban J connectivity index is 1.83. The van der Waals surface area contributed by atoms with Crippen molar-refractivity contribution >= 4 is 11.6 Å². The highest BCUT2D eigenvalue weighted by atomic mass is 35.5. The summed E-state index contributed by atoms with van der Waals surface area (Å²) in [6, 6.07) is 0. The van der Waals surface area contributed by atoms with E-state index in [9.17, 15) is 0 Å². The predicted octanol–water partition coefficient (Wildman–Crippen LogP) is 4.30. The lowest BCUT2D eigenvalue weighted by Gasteiger charge is -2.33. The molecule has 98 valence electrons. The predicted molar refractivity (Wildman–Crippen MR) is 74.1 cm³/mol. The van der Waals surface area contributed by atoms with Crippen LogP contribution in [0.15, 0.2) is 0 Å². The molecule has 1 fully saturated rings. The Morgan fingerprint density at radius 3 is 2.56 bits per heavy atom. The molecule has 1 aromatic rings. The molecule has 3 heteroatoms. The lowest BCUT2D eigenvalue weighted by atomic mass is 9.73. The van der Waals surface area contributed by atoms with Gasteiger partial charge in [0.25, 0.3) is 0 Å². The van der Waals surface area contributed by atoms with E-state index in [0.717, 1.165) is 23.8 Å². The molecule has 1 aromatic heterocycles. The Hall–Kier alpha value is -0.630. The molecule has 0 amide bonds. The van der Waals surface area contributed by atoms with Crippen LogP contribution >= 0.6 is 11.6 Å². The normalized spacial score (nSPS) is 23.1. The first-order valence-electron chi connectivity index (χ1n) is 7.10. The number of hydrogen-bond donors (Lipinski definition) is 0. The second kappa shape index (κ2) is 4.48. The van der Waals surface area contributed by atoms with Crippen molar-refractivity contribution in [3.05, 3.63) is 22.2 Å². The molecule has 2 aliphatic rings. The van der Waals surface area contributed by atoms with Gasteiger partial charge in [-0.3, -0.25) is 0 Å². The van der Waals surface area contributed by atoms with Gasteiger partial charge in [0, 0.05) is 17.2 Å². The number of aromatic nitrogens is 2. The van der Waals surface area contributed by atoms with Crippen molar-refractivity contribution in [2.45, 2.75) is 64.7 Å². The van der Waals surface area contributed by atoms with Crippen LogP contribution < -0.4 is 0 Å². The number of rotatable bonds is 1. The molecule has 2 nitrogen and oxygen atoms in total. The fourth-order valence-corrected chi connectivity index (χ4v) is 3.53. The molecule has 0 unspecified atom stereocenters. The van der Waals surface area contributed by atoms with Crippen LogP contribution in [0.1, 0.15) is 69.0 Å². The Morgan fingerprint density at radius 1 is 1.11 bits per heavy atom. The quantitative estimate of drug-likeness (QED) is 0.707. The number of aryl methyl sites for hydroxylation is 1. The highest BCUT2D eigenvalue weighted by Gasteiger charge is 2.30. The summed E-state index contributed by atoms with van der Waals surface area (Å²) in [6.07, 6.45) is 8.30. The van der Waals surface area contributed by atoms with Gasteiger partial charge in [0.05, 0.1) is 0 Å². The first-order valence-corrected chi connectivity index (χ1v) is 7.48. The van der Waals surface area contributed by atoms with Crippen LogP contribution in [-0.4, -0.2) is 9.97 Å². The summed E-state index contributed by atoms with van der Waals surface area (Å²) in [5.74, 6) is 1.54. The van der Waals surface area contributed by atoms with Gasteiger partial charge in [-0.2, -0.15) is 0 Å². The Labute approximate surface area is 114 Å². The Bertz CT molecular complexity index is 458. The van der Waals surface area contributed by atoms with E-state index in [1.54, 1.807) is 0 Å². The summed E-state index contributed by atoms with van der Waals surface area (Å²) in [7, 11) is 0.